The van der Waals surface area contributed by atoms with Crippen molar-refractivity contribution in [2.45, 2.75) is 90.7 Å². The van der Waals surface area contributed by atoms with Crippen LogP contribution in [0.2, 0.25) is 0 Å². The Morgan fingerprint density at radius 1 is 0.818 bits per heavy atom. The first-order valence-corrected chi connectivity index (χ1v) is 9.41. The third kappa shape index (κ3) is 10.8. The molecule has 0 spiro atoms. The highest BCUT2D eigenvalue weighted by Gasteiger charge is 1.99. The number of aryl methyl sites for hydroxylation is 1. The molecule has 1 aromatic heterocycles. The smallest absolute Gasteiger partial charge is 0.245 e. The average molecular weight is 310 g/mol. The molecule has 3 nitrogen and oxygen atoms in total. The summed E-state index contributed by atoms with van der Waals surface area (Å²) in [5, 5.41) is 0. The van der Waals surface area contributed by atoms with Crippen LogP contribution in [-0.2, 0) is 18.5 Å². The molecule has 128 valence electrons. The van der Waals surface area contributed by atoms with Gasteiger partial charge >= 0.3 is 0 Å². The summed E-state index contributed by atoms with van der Waals surface area (Å²) in [5.41, 5.74) is 0. The maximum atomic E-state index is 5.67. The number of rotatable bonds is 15. The van der Waals surface area contributed by atoms with Crippen LogP contribution in [0.5, 0.6) is 0 Å². The molecule has 0 aromatic carbocycles. The molecule has 0 atom stereocenters. The number of unbranched alkanes of at least 4 members (excludes halogenated alkanes) is 11. The second-order valence-electron chi connectivity index (χ2n) is 6.52. The van der Waals surface area contributed by atoms with Crippen LogP contribution < -0.4 is 4.57 Å². The van der Waals surface area contributed by atoms with Gasteiger partial charge in [0.1, 0.15) is 12.4 Å². The molecule has 0 bridgehead atoms. The summed E-state index contributed by atoms with van der Waals surface area (Å²) in [4.78, 5) is 0. The van der Waals surface area contributed by atoms with E-state index in [0.717, 1.165) is 6.61 Å². The lowest BCUT2D eigenvalue weighted by atomic mass is 10.1. The van der Waals surface area contributed by atoms with E-state index < -0.39 is 0 Å². The molecule has 1 aromatic rings. The number of hydrogen-bond acceptors (Lipinski definition) is 1. The van der Waals surface area contributed by atoms with Gasteiger partial charge in [-0.15, -0.1) is 0 Å². The van der Waals surface area contributed by atoms with Crippen molar-refractivity contribution < 1.29 is 9.30 Å². The van der Waals surface area contributed by atoms with E-state index in [1.165, 1.54) is 77.0 Å². The summed E-state index contributed by atoms with van der Waals surface area (Å²) in [6, 6.07) is 0. The maximum Gasteiger partial charge on any atom is 0.245 e. The Bertz CT molecular complexity index is 349. The van der Waals surface area contributed by atoms with Crippen molar-refractivity contribution in [1.29, 1.82) is 0 Å². The van der Waals surface area contributed by atoms with E-state index in [0.29, 0.717) is 6.73 Å². The highest BCUT2D eigenvalue weighted by molar-refractivity contribution is 4.63. The van der Waals surface area contributed by atoms with Crippen LogP contribution in [0.25, 0.3) is 0 Å². The van der Waals surface area contributed by atoms with Gasteiger partial charge in [0.05, 0.1) is 13.7 Å². The van der Waals surface area contributed by atoms with E-state index in [4.69, 9.17) is 4.74 Å². The first kappa shape index (κ1) is 19.2. The number of ether oxygens (including phenoxy) is 1. The van der Waals surface area contributed by atoms with E-state index in [-0.39, 0.29) is 0 Å². The van der Waals surface area contributed by atoms with Gasteiger partial charge in [0, 0.05) is 0 Å². The summed E-state index contributed by atoms with van der Waals surface area (Å²) in [5.74, 6) is 0. The van der Waals surface area contributed by atoms with Crippen LogP contribution in [-0.4, -0.2) is 11.2 Å². The minimum atomic E-state index is 0.679. The third-order valence-corrected chi connectivity index (χ3v) is 4.21. The number of aromatic nitrogens is 2. The third-order valence-electron chi connectivity index (χ3n) is 4.21. The van der Waals surface area contributed by atoms with Crippen molar-refractivity contribution >= 4 is 0 Å². The number of imidazole rings is 1. The van der Waals surface area contributed by atoms with E-state index in [1.807, 2.05) is 30.3 Å². The van der Waals surface area contributed by atoms with Gasteiger partial charge in [-0.3, -0.25) is 0 Å². The van der Waals surface area contributed by atoms with Crippen molar-refractivity contribution in [3.63, 3.8) is 0 Å². The quantitative estimate of drug-likeness (QED) is 0.330. The average Bonchev–Trinajstić information content (AvgIpc) is 2.93. The molecule has 0 N–H and O–H groups in total. The Balaban J connectivity index is 1.73. The molecule has 0 radical (unpaired) electrons. The van der Waals surface area contributed by atoms with Crippen LogP contribution in [0.15, 0.2) is 18.7 Å². The van der Waals surface area contributed by atoms with Crippen LogP contribution in [0.4, 0.5) is 0 Å². The lowest BCUT2D eigenvalue weighted by Gasteiger charge is -2.03. The van der Waals surface area contributed by atoms with Gasteiger partial charge in [0.25, 0.3) is 0 Å². The second kappa shape index (κ2) is 13.8. The molecule has 0 aliphatic heterocycles. The fourth-order valence-corrected chi connectivity index (χ4v) is 2.79. The van der Waals surface area contributed by atoms with E-state index in [9.17, 15) is 0 Å². The van der Waals surface area contributed by atoms with Crippen molar-refractivity contribution in [2.24, 2.45) is 7.05 Å². The first-order chi connectivity index (χ1) is 10.8. The Kier molecular flexibility index (Phi) is 12.1. The normalized spacial score (nSPS) is 11.2. The number of hydrogen-bond donors (Lipinski definition) is 0. The molecule has 1 heterocycles. The predicted octanol–water partition coefficient (Wildman–Crippen LogP) is 4.99. The van der Waals surface area contributed by atoms with E-state index in [1.54, 1.807) is 0 Å². The van der Waals surface area contributed by atoms with E-state index in [2.05, 4.69) is 11.5 Å². The monoisotopic (exact) mass is 309 g/mol. The Hall–Kier alpha value is -0.830. The summed E-state index contributed by atoms with van der Waals surface area (Å²) in [7, 11) is 2.03. The predicted molar refractivity (Wildman–Crippen MR) is 92.6 cm³/mol. The second-order valence-corrected chi connectivity index (χ2v) is 6.52. The van der Waals surface area contributed by atoms with Crippen molar-refractivity contribution in [3.05, 3.63) is 18.7 Å². The molecule has 0 aliphatic rings. The molecular formula is C19H37N2O+. The molecule has 0 aliphatic carbocycles. The van der Waals surface area contributed by atoms with Gasteiger partial charge in [-0.2, -0.15) is 0 Å². The Morgan fingerprint density at radius 3 is 1.86 bits per heavy atom. The molecule has 0 fully saturated rings. The zero-order chi connectivity index (χ0) is 15.9. The topological polar surface area (TPSA) is 18.0 Å². The van der Waals surface area contributed by atoms with Crippen molar-refractivity contribution in [2.75, 3.05) is 6.61 Å². The molecule has 3 heteroatoms. The largest absolute Gasteiger partial charge is 0.342 e. The first-order valence-electron chi connectivity index (χ1n) is 9.41. The SMILES string of the molecule is CCCCCCCCCCCCCCOCn1cc[n+](C)c1. The fourth-order valence-electron chi connectivity index (χ4n) is 2.79. The van der Waals surface area contributed by atoms with Gasteiger partial charge in [-0.1, -0.05) is 77.6 Å². The highest BCUT2D eigenvalue weighted by Crippen LogP contribution is 2.11. The van der Waals surface area contributed by atoms with Crippen LogP contribution in [0, 0.1) is 0 Å². The van der Waals surface area contributed by atoms with Crippen LogP contribution in [0.3, 0.4) is 0 Å². The van der Waals surface area contributed by atoms with Gasteiger partial charge in [-0.05, 0) is 6.42 Å². The summed E-state index contributed by atoms with van der Waals surface area (Å²) in [6.45, 7) is 3.85. The summed E-state index contributed by atoms with van der Waals surface area (Å²) >= 11 is 0. The fraction of sp³-hybridized carbons (Fsp3) is 0.842. The van der Waals surface area contributed by atoms with E-state index >= 15 is 0 Å². The van der Waals surface area contributed by atoms with Gasteiger partial charge < -0.3 is 4.74 Å². The Labute approximate surface area is 137 Å². The minimum Gasteiger partial charge on any atom is -0.342 e. The lowest BCUT2D eigenvalue weighted by Crippen LogP contribution is -2.23. The van der Waals surface area contributed by atoms with Crippen molar-refractivity contribution in [1.82, 2.24) is 4.57 Å². The molecule has 0 amide bonds. The Morgan fingerprint density at radius 2 is 1.36 bits per heavy atom. The molecule has 1 rings (SSSR count). The van der Waals surface area contributed by atoms with Gasteiger partial charge in [0.15, 0.2) is 6.73 Å². The van der Waals surface area contributed by atoms with Gasteiger partial charge in [0.2, 0.25) is 6.33 Å². The molecule has 0 saturated carbocycles. The molecule has 0 saturated heterocycles. The minimum absolute atomic E-state index is 0.679. The standard InChI is InChI=1S/C19H37N2O/c1-3-4-5-6-7-8-9-10-11-12-13-14-17-22-19-21-16-15-20(2)18-21/h15-16,18H,3-14,17,19H2,1-2H3/q+1. The zero-order valence-electron chi connectivity index (χ0n) is 14.9. The summed E-state index contributed by atoms with van der Waals surface area (Å²) < 4.78 is 9.78. The zero-order valence-corrected chi connectivity index (χ0v) is 14.9. The summed E-state index contributed by atoms with van der Waals surface area (Å²) in [6.07, 6.45) is 22.8. The van der Waals surface area contributed by atoms with Crippen molar-refractivity contribution in [3.8, 4) is 0 Å². The lowest BCUT2D eigenvalue weighted by molar-refractivity contribution is -0.671. The number of nitrogens with zero attached hydrogens (tertiary/aromatic N) is 2. The molecular weight excluding hydrogens is 272 g/mol. The highest BCUT2D eigenvalue weighted by atomic mass is 16.5. The van der Waals surface area contributed by atoms with Crippen LogP contribution >= 0.6 is 0 Å². The maximum absolute atomic E-state index is 5.67. The van der Waals surface area contributed by atoms with Crippen LogP contribution in [0.1, 0.15) is 84.0 Å². The molecule has 0 unspecified atom stereocenters. The van der Waals surface area contributed by atoms with Gasteiger partial charge in [-0.25, -0.2) is 9.13 Å². The molecule has 22 heavy (non-hydrogen) atoms.